The molecule has 4 rings (SSSR count). The number of ether oxygens (including phenoxy) is 3. The Morgan fingerprint density at radius 2 is 2.03 bits per heavy atom. The molecule has 9 nitrogen and oxygen atoms in total. The van der Waals surface area contributed by atoms with Crippen LogP contribution in [0.5, 0.6) is 17.2 Å². The van der Waals surface area contributed by atoms with Gasteiger partial charge in [-0.3, -0.25) is 19.8 Å². The van der Waals surface area contributed by atoms with Gasteiger partial charge in [-0.15, -0.1) is 0 Å². The molecule has 1 N–H and O–H groups in total. The Kier molecular flexibility index (Phi) is 5.71. The molecule has 2 aromatic carbocycles. The average Bonchev–Trinajstić information content (AvgIpc) is 3.21. The summed E-state index contributed by atoms with van der Waals surface area (Å²) < 4.78 is 16.5. The van der Waals surface area contributed by atoms with E-state index in [1.165, 1.54) is 25.3 Å². The van der Waals surface area contributed by atoms with Crippen LogP contribution in [-0.4, -0.2) is 49.1 Å². The molecule has 0 aromatic heterocycles. The SMILES string of the molecule is COc1ccc([N+](=O)[O-])cc1NC(=O)CN1CCC[C@@H]1c1ccc2c(c1)OCCO2. The van der Waals surface area contributed by atoms with E-state index in [0.29, 0.717) is 19.0 Å². The van der Waals surface area contributed by atoms with Gasteiger partial charge in [0.15, 0.2) is 11.5 Å². The quantitative estimate of drug-likeness (QED) is 0.573. The Labute approximate surface area is 173 Å². The van der Waals surface area contributed by atoms with Gasteiger partial charge in [-0.2, -0.15) is 0 Å². The van der Waals surface area contributed by atoms with Gasteiger partial charge >= 0.3 is 0 Å². The van der Waals surface area contributed by atoms with Crippen molar-refractivity contribution < 1.29 is 23.9 Å². The third-order valence-electron chi connectivity index (χ3n) is 5.33. The first kappa shape index (κ1) is 20.0. The second-order valence-corrected chi connectivity index (χ2v) is 7.22. The number of nitro groups is 1. The van der Waals surface area contributed by atoms with Gasteiger partial charge in [-0.25, -0.2) is 0 Å². The summed E-state index contributed by atoms with van der Waals surface area (Å²) in [5.41, 5.74) is 1.26. The fraction of sp³-hybridized carbons (Fsp3) is 0.381. The van der Waals surface area contributed by atoms with E-state index < -0.39 is 4.92 Å². The van der Waals surface area contributed by atoms with E-state index in [9.17, 15) is 14.9 Å². The van der Waals surface area contributed by atoms with Crippen molar-refractivity contribution in [2.75, 3.05) is 38.7 Å². The lowest BCUT2D eigenvalue weighted by Gasteiger charge is -2.26. The number of likely N-dealkylation sites (tertiary alicyclic amines) is 1. The van der Waals surface area contributed by atoms with Gasteiger partial charge in [-0.05, 0) is 43.1 Å². The van der Waals surface area contributed by atoms with Gasteiger partial charge in [0.05, 0.1) is 24.3 Å². The molecule has 0 radical (unpaired) electrons. The summed E-state index contributed by atoms with van der Waals surface area (Å²) >= 11 is 0. The van der Waals surface area contributed by atoms with Crippen molar-refractivity contribution in [3.8, 4) is 17.2 Å². The predicted molar refractivity (Wildman–Crippen MR) is 109 cm³/mol. The standard InChI is InChI=1S/C21H23N3O6/c1-28-18-7-5-15(24(26)27)12-16(18)22-21(25)13-23-8-2-3-17(23)14-4-6-19-20(11-14)30-10-9-29-19/h4-7,11-12,17H,2-3,8-10,13H2,1H3,(H,22,25)/t17-/m1/s1. The van der Waals surface area contributed by atoms with Crippen LogP contribution in [0.3, 0.4) is 0 Å². The second kappa shape index (κ2) is 8.58. The summed E-state index contributed by atoms with van der Waals surface area (Å²) in [4.78, 5) is 25.3. The molecule has 1 amide bonds. The van der Waals surface area contributed by atoms with Crippen LogP contribution in [0.4, 0.5) is 11.4 Å². The van der Waals surface area contributed by atoms with Crippen LogP contribution in [0.25, 0.3) is 0 Å². The summed E-state index contributed by atoms with van der Waals surface area (Å²) in [6.45, 7) is 2.03. The van der Waals surface area contributed by atoms with E-state index in [0.717, 1.165) is 36.4 Å². The third kappa shape index (κ3) is 4.16. The Balaban J connectivity index is 1.47. The molecule has 1 saturated heterocycles. The molecule has 30 heavy (non-hydrogen) atoms. The number of rotatable bonds is 6. The number of amides is 1. The van der Waals surface area contributed by atoms with Gasteiger partial charge in [0.2, 0.25) is 5.91 Å². The molecular weight excluding hydrogens is 390 g/mol. The zero-order valence-electron chi connectivity index (χ0n) is 16.6. The summed E-state index contributed by atoms with van der Waals surface area (Å²) in [6.07, 6.45) is 1.92. The number of hydrogen-bond donors (Lipinski definition) is 1. The van der Waals surface area contributed by atoms with Crippen molar-refractivity contribution >= 4 is 17.3 Å². The minimum absolute atomic E-state index is 0.0959. The van der Waals surface area contributed by atoms with Gasteiger partial charge in [0.1, 0.15) is 19.0 Å². The summed E-state index contributed by atoms with van der Waals surface area (Å²) in [5.74, 6) is 1.60. The molecule has 2 aliphatic rings. The molecule has 2 heterocycles. The fourth-order valence-electron chi connectivity index (χ4n) is 3.94. The Hall–Kier alpha value is -3.33. The summed E-state index contributed by atoms with van der Waals surface area (Å²) in [7, 11) is 1.45. The normalized spacial score (nSPS) is 18.1. The minimum atomic E-state index is -0.506. The lowest BCUT2D eigenvalue weighted by atomic mass is 10.0. The van der Waals surface area contributed by atoms with Gasteiger partial charge in [0.25, 0.3) is 5.69 Å². The number of carbonyl (C=O) groups is 1. The Morgan fingerprint density at radius 3 is 2.80 bits per heavy atom. The van der Waals surface area contributed by atoms with Crippen molar-refractivity contribution in [2.24, 2.45) is 0 Å². The number of anilines is 1. The summed E-state index contributed by atoms with van der Waals surface area (Å²) in [6, 6.07) is 10.1. The topological polar surface area (TPSA) is 103 Å². The van der Waals surface area contributed by atoms with E-state index >= 15 is 0 Å². The number of hydrogen-bond acceptors (Lipinski definition) is 7. The van der Waals surface area contributed by atoms with Crippen molar-refractivity contribution in [1.29, 1.82) is 0 Å². The average molecular weight is 413 g/mol. The van der Waals surface area contributed by atoms with Crippen LogP contribution in [0, 0.1) is 10.1 Å². The van der Waals surface area contributed by atoms with Gasteiger partial charge in [0, 0.05) is 18.2 Å². The first-order valence-electron chi connectivity index (χ1n) is 9.81. The number of fused-ring (bicyclic) bond motifs is 1. The highest BCUT2D eigenvalue weighted by atomic mass is 16.6. The molecule has 0 saturated carbocycles. The predicted octanol–water partition coefficient (Wildman–Crippen LogP) is 3.15. The molecule has 1 fully saturated rings. The van der Waals surface area contributed by atoms with Gasteiger partial charge in [-0.1, -0.05) is 6.07 Å². The molecule has 158 valence electrons. The Bertz CT molecular complexity index is 964. The van der Waals surface area contributed by atoms with E-state index in [2.05, 4.69) is 10.2 Å². The largest absolute Gasteiger partial charge is 0.495 e. The molecule has 0 bridgehead atoms. The lowest BCUT2D eigenvalue weighted by molar-refractivity contribution is -0.384. The molecular formula is C21H23N3O6. The molecule has 0 unspecified atom stereocenters. The maximum atomic E-state index is 12.7. The van der Waals surface area contributed by atoms with Crippen LogP contribution in [0.1, 0.15) is 24.4 Å². The first-order chi connectivity index (χ1) is 14.5. The zero-order chi connectivity index (χ0) is 21.1. The highest BCUT2D eigenvalue weighted by Crippen LogP contribution is 2.38. The maximum absolute atomic E-state index is 12.7. The van der Waals surface area contributed by atoms with Crippen LogP contribution in [-0.2, 0) is 4.79 Å². The lowest BCUT2D eigenvalue weighted by Crippen LogP contribution is -2.33. The van der Waals surface area contributed by atoms with E-state index in [1.54, 1.807) is 0 Å². The van der Waals surface area contributed by atoms with E-state index in [1.807, 2.05) is 18.2 Å². The van der Waals surface area contributed by atoms with E-state index in [4.69, 9.17) is 14.2 Å². The number of benzene rings is 2. The highest BCUT2D eigenvalue weighted by molar-refractivity contribution is 5.94. The molecule has 9 heteroatoms. The van der Waals surface area contributed by atoms with Crippen LogP contribution >= 0.6 is 0 Å². The third-order valence-corrected chi connectivity index (χ3v) is 5.33. The van der Waals surface area contributed by atoms with Crippen molar-refractivity contribution in [2.45, 2.75) is 18.9 Å². The van der Waals surface area contributed by atoms with Crippen LogP contribution in [0.2, 0.25) is 0 Å². The smallest absolute Gasteiger partial charge is 0.271 e. The van der Waals surface area contributed by atoms with Crippen molar-refractivity contribution in [1.82, 2.24) is 4.90 Å². The number of nitrogens with zero attached hydrogens (tertiary/aromatic N) is 2. The highest BCUT2D eigenvalue weighted by Gasteiger charge is 2.29. The minimum Gasteiger partial charge on any atom is -0.495 e. The number of nitrogens with one attached hydrogen (secondary N) is 1. The summed E-state index contributed by atoms with van der Waals surface area (Å²) in [5, 5.41) is 13.8. The van der Waals surface area contributed by atoms with E-state index in [-0.39, 0.29) is 29.9 Å². The molecule has 2 aromatic rings. The number of carbonyl (C=O) groups excluding carboxylic acids is 1. The molecule has 0 aliphatic carbocycles. The molecule has 0 spiro atoms. The van der Waals surface area contributed by atoms with Crippen LogP contribution < -0.4 is 19.5 Å². The molecule has 2 aliphatic heterocycles. The van der Waals surface area contributed by atoms with Crippen molar-refractivity contribution in [3.05, 3.63) is 52.1 Å². The molecule has 1 atom stereocenters. The second-order valence-electron chi connectivity index (χ2n) is 7.22. The van der Waals surface area contributed by atoms with Gasteiger partial charge < -0.3 is 19.5 Å². The monoisotopic (exact) mass is 413 g/mol. The fourth-order valence-corrected chi connectivity index (χ4v) is 3.94. The first-order valence-corrected chi connectivity index (χ1v) is 9.81. The van der Waals surface area contributed by atoms with Crippen LogP contribution in [0.15, 0.2) is 36.4 Å². The maximum Gasteiger partial charge on any atom is 0.271 e. The zero-order valence-corrected chi connectivity index (χ0v) is 16.6. The number of non-ortho nitro benzene ring substituents is 1. The number of nitro benzene ring substituents is 1. The van der Waals surface area contributed by atoms with Crippen molar-refractivity contribution in [3.63, 3.8) is 0 Å². The Morgan fingerprint density at radius 1 is 1.23 bits per heavy atom. The number of methoxy groups -OCH3 is 1.